The van der Waals surface area contributed by atoms with E-state index >= 15 is 0 Å². The van der Waals surface area contributed by atoms with Crippen molar-refractivity contribution in [1.29, 1.82) is 0 Å². The van der Waals surface area contributed by atoms with Gasteiger partial charge in [0.25, 0.3) is 5.89 Å². The van der Waals surface area contributed by atoms with Crippen molar-refractivity contribution in [3.05, 3.63) is 35.6 Å². The van der Waals surface area contributed by atoms with Gasteiger partial charge in [-0.1, -0.05) is 5.16 Å². The minimum Gasteiger partial charge on any atom is -0.382 e. The van der Waals surface area contributed by atoms with Gasteiger partial charge in [-0.25, -0.2) is 4.39 Å². The molecule has 3 rings (SSSR count). The van der Waals surface area contributed by atoms with Crippen LogP contribution in [0.3, 0.4) is 0 Å². The molecule has 1 aromatic carbocycles. The van der Waals surface area contributed by atoms with Crippen LogP contribution in [0.4, 0.5) is 10.2 Å². The number of nitrogens with zero attached hydrogens (tertiary/aromatic N) is 3. The first-order valence-electron chi connectivity index (χ1n) is 5.55. The number of aromatic amines is 1. The number of aromatic nitrogens is 4. The Morgan fingerprint density at radius 1 is 1.32 bits per heavy atom. The number of anilines is 1. The van der Waals surface area contributed by atoms with Crippen LogP contribution < -0.4 is 5.73 Å². The molecule has 6 nitrogen and oxygen atoms in total. The fraction of sp³-hybridized carbons (Fsp3) is 0.0833. The van der Waals surface area contributed by atoms with E-state index in [0.29, 0.717) is 22.9 Å². The van der Waals surface area contributed by atoms with Crippen molar-refractivity contribution >= 4 is 5.82 Å². The molecule has 0 spiro atoms. The van der Waals surface area contributed by atoms with Crippen LogP contribution in [0, 0.1) is 12.7 Å². The summed E-state index contributed by atoms with van der Waals surface area (Å²) in [4.78, 5) is 4.23. The van der Waals surface area contributed by atoms with Gasteiger partial charge in [0.05, 0.1) is 0 Å². The second-order valence-electron chi connectivity index (χ2n) is 4.09. The molecular formula is C12H10FN5O. The Bertz CT molecular complexity index is 733. The van der Waals surface area contributed by atoms with E-state index in [0.717, 1.165) is 5.56 Å². The van der Waals surface area contributed by atoms with Crippen LogP contribution in [0.2, 0.25) is 0 Å². The highest BCUT2D eigenvalue weighted by Gasteiger charge is 2.14. The topological polar surface area (TPSA) is 93.6 Å². The SMILES string of the molecule is Cc1cc(F)ccc1-c1noc(-c2cc(N)n[nH]2)n1. The smallest absolute Gasteiger partial charge is 0.276 e. The van der Waals surface area contributed by atoms with Crippen molar-refractivity contribution in [1.82, 2.24) is 20.3 Å². The van der Waals surface area contributed by atoms with Crippen LogP contribution in [0.15, 0.2) is 28.8 Å². The van der Waals surface area contributed by atoms with Crippen LogP contribution in [0.5, 0.6) is 0 Å². The Kier molecular flexibility index (Phi) is 2.52. The van der Waals surface area contributed by atoms with Crippen LogP contribution in [0.1, 0.15) is 5.56 Å². The fourth-order valence-corrected chi connectivity index (χ4v) is 1.77. The lowest BCUT2D eigenvalue weighted by molar-refractivity contribution is 0.431. The molecule has 0 aliphatic heterocycles. The van der Waals surface area contributed by atoms with Gasteiger partial charge >= 0.3 is 0 Å². The lowest BCUT2D eigenvalue weighted by Gasteiger charge is -1.99. The number of hydrogen-bond acceptors (Lipinski definition) is 5. The molecule has 0 aliphatic rings. The molecule has 7 heteroatoms. The minimum atomic E-state index is -0.300. The summed E-state index contributed by atoms with van der Waals surface area (Å²) in [5.41, 5.74) is 7.48. The molecule has 96 valence electrons. The summed E-state index contributed by atoms with van der Waals surface area (Å²) in [6, 6.07) is 5.97. The van der Waals surface area contributed by atoms with Crippen molar-refractivity contribution < 1.29 is 8.91 Å². The standard InChI is InChI=1S/C12H10FN5O/c1-6-4-7(13)2-3-8(6)11-15-12(19-18-11)9-5-10(14)17-16-9/h2-5H,1H3,(H3,14,16,17). The van der Waals surface area contributed by atoms with Crippen molar-refractivity contribution in [2.75, 3.05) is 5.73 Å². The van der Waals surface area contributed by atoms with Gasteiger partial charge in [0, 0.05) is 11.6 Å². The third-order valence-electron chi connectivity index (χ3n) is 2.68. The summed E-state index contributed by atoms with van der Waals surface area (Å²) in [6.07, 6.45) is 0. The minimum absolute atomic E-state index is 0.280. The maximum Gasteiger partial charge on any atom is 0.276 e. The van der Waals surface area contributed by atoms with E-state index in [1.165, 1.54) is 12.1 Å². The van der Waals surface area contributed by atoms with E-state index in [-0.39, 0.29) is 11.7 Å². The number of hydrogen-bond donors (Lipinski definition) is 2. The zero-order valence-corrected chi connectivity index (χ0v) is 10.0. The zero-order chi connectivity index (χ0) is 13.4. The van der Waals surface area contributed by atoms with Gasteiger partial charge in [0.1, 0.15) is 17.3 Å². The highest BCUT2D eigenvalue weighted by molar-refractivity contribution is 5.62. The number of benzene rings is 1. The molecule has 0 aliphatic carbocycles. The van der Waals surface area contributed by atoms with E-state index < -0.39 is 0 Å². The molecule has 0 unspecified atom stereocenters. The first kappa shape index (κ1) is 11.4. The Labute approximate surface area is 107 Å². The molecule has 3 aromatic rings. The van der Waals surface area contributed by atoms with Crippen LogP contribution in [-0.4, -0.2) is 20.3 Å². The Balaban J connectivity index is 2.01. The molecule has 0 amide bonds. The lowest BCUT2D eigenvalue weighted by atomic mass is 10.1. The number of nitrogens with two attached hydrogens (primary N) is 1. The summed E-state index contributed by atoms with van der Waals surface area (Å²) in [7, 11) is 0. The van der Waals surface area contributed by atoms with Crippen molar-refractivity contribution in [3.63, 3.8) is 0 Å². The molecular weight excluding hydrogens is 249 g/mol. The van der Waals surface area contributed by atoms with Gasteiger partial charge in [-0.05, 0) is 30.7 Å². The second kappa shape index (κ2) is 4.20. The van der Waals surface area contributed by atoms with Gasteiger partial charge in [-0.2, -0.15) is 10.1 Å². The first-order chi connectivity index (χ1) is 9.13. The molecule has 0 bridgehead atoms. The average Bonchev–Trinajstić information content (AvgIpc) is 2.97. The maximum absolute atomic E-state index is 13.0. The predicted octanol–water partition coefficient (Wildman–Crippen LogP) is 2.16. The first-order valence-corrected chi connectivity index (χ1v) is 5.55. The summed E-state index contributed by atoms with van der Waals surface area (Å²) in [5, 5.41) is 10.3. The number of aryl methyl sites for hydroxylation is 1. The predicted molar refractivity (Wildman–Crippen MR) is 66.4 cm³/mol. The zero-order valence-electron chi connectivity index (χ0n) is 10.0. The van der Waals surface area contributed by atoms with Gasteiger partial charge in [0.2, 0.25) is 5.82 Å². The monoisotopic (exact) mass is 259 g/mol. The normalized spacial score (nSPS) is 10.8. The van der Waals surface area contributed by atoms with Gasteiger partial charge in [0.15, 0.2) is 0 Å². The summed E-state index contributed by atoms with van der Waals surface area (Å²) < 4.78 is 18.2. The summed E-state index contributed by atoms with van der Waals surface area (Å²) in [5.74, 6) is 0.711. The molecule has 19 heavy (non-hydrogen) atoms. The van der Waals surface area contributed by atoms with Crippen molar-refractivity contribution in [2.24, 2.45) is 0 Å². The Hall–Kier alpha value is -2.70. The molecule has 3 N–H and O–H groups in total. The fourth-order valence-electron chi connectivity index (χ4n) is 1.77. The van der Waals surface area contributed by atoms with Gasteiger partial charge in [-0.15, -0.1) is 0 Å². The molecule has 0 fully saturated rings. The largest absolute Gasteiger partial charge is 0.382 e. The van der Waals surface area contributed by atoms with E-state index in [4.69, 9.17) is 10.3 Å². The van der Waals surface area contributed by atoms with Crippen molar-refractivity contribution in [2.45, 2.75) is 6.92 Å². The van der Waals surface area contributed by atoms with Crippen LogP contribution in [-0.2, 0) is 0 Å². The van der Waals surface area contributed by atoms with Crippen LogP contribution in [0.25, 0.3) is 23.0 Å². The van der Waals surface area contributed by atoms with Gasteiger partial charge < -0.3 is 10.3 Å². The van der Waals surface area contributed by atoms with E-state index in [9.17, 15) is 4.39 Å². The number of H-pyrrole nitrogens is 1. The molecule has 0 saturated carbocycles. The Morgan fingerprint density at radius 2 is 2.16 bits per heavy atom. The van der Waals surface area contributed by atoms with E-state index in [2.05, 4.69) is 20.3 Å². The second-order valence-corrected chi connectivity index (χ2v) is 4.09. The molecule has 2 aromatic heterocycles. The lowest BCUT2D eigenvalue weighted by Crippen LogP contribution is -1.87. The van der Waals surface area contributed by atoms with Crippen molar-refractivity contribution in [3.8, 4) is 23.0 Å². The number of nitrogens with one attached hydrogen (secondary N) is 1. The van der Waals surface area contributed by atoms with E-state index in [1.54, 1.807) is 19.1 Å². The quantitative estimate of drug-likeness (QED) is 0.735. The molecule has 0 atom stereocenters. The number of rotatable bonds is 2. The third-order valence-corrected chi connectivity index (χ3v) is 2.68. The van der Waals surface area contributed by atoms with E-state index in [1.807, 2.05) is 0 Å². The van der Waals surface area contributed by atoms with Gasteiger partial charge in [-0.3, -0.25) is 5.10 Å². The highest BCUT2D eigenvalue weighted by Crippen LogP contribution is 2.24. The molecule has 0 saturated heterocycles. The Morgan fingerprint density at radius 3 is 2.84 bits per heavy atom. The third kappa shape index (κ3) is 2.05. The number of halogens is 1. The molecule has 0 radical (unpaired) electrons. The summed E-state index contributed by atoms with van der Waals surface area (Å²) in [6.45, 7) is 1.78. The number of nitrogen functional groups attached to an aromatic ring is 1. The maximum atomic E-state index is 13.0. The molecule has 2 heterocycles. The highest BCUT2D eigenvalue weighted by atomic mass is 19.1. The summed E-state index contributed by atoms with van der Waals surface area (Å²) >= 11 is 0. The average molecular weight is 259 g/mol. The van der Waals surface area contributed by atoms with Crippen LogP contribution >= 0.6 is 0 Å².